The van der Waals surface area contributed by atoms with Gasteiger partial charge in [0.15, 0.2) is 0 Å². The molecule has 2 heterocycles. The summed E-state index contributed by atoms with van der Waals surface area (Å²) in [6, 6.07) is 20.8. The molecule has 1 atom stereocenters. The second-order valence-electron chi connectivity index (χ2n) is 8.43. The number of carboxylic acids is 2. The fourth-order valence-corrected chi connectivity index (χ4v) is 4.67. The van der Waals surface area contributed by atoms with Crippen molar-refractivity contribution in [2.75, 3.05) is 24.0 Å². The minimum absolute atomic E-state index is 0. The van der Waals surface area contributed by atoms with Crippen LogP contribution in [0.3, 0.4) is 0 Å². The number of hydrogen-bond donors (Lipinski definition) is 3. The molecule has 0 aliphatic heterocycles. The summed E-state index contributed by atoms with van der Waals surface area (Å²) in [5.41, 5.74) is 1.21. The molecule has 0 aliphatic carbocycles. The molecule has 0 saturated carbocycles. The van der Waals surface area contributed by atoms with E-state index in [-0.39, 0.29) is 18.3 Å². The molecule has 0 spiro atoms. The van der Waals surface area contributed by atoms with Crippen LogP contribution in [-0.4, -0.2) is 69.3 Å². The lowest BCUT2D eigenvalue weighted by Crippen LogP contribution is -2.00. The maximum atomic E-state index is 10.2. The molecule has 2 aromatic heterocycles. The summed E-state index contributed by atoms with van der Waals surface area (Å²) in [7, 11) is -3.24. The summed E-state index contributed by atoms with van der Waals surface area (Å²) in [6.45, 7) is 27.1. The smallest absolute Gasteiger partial charge is 0.303 e. The van der Waals surface area contributed by atoms with Crippen LogP contribution in [0.4, 0.5) is 0 Å². The first-order chi connectivity index (χ1) is 24.3. The van der Waals surface area contributed by atoms with Crippen molar-refractivity contribution in [1.29, 1.82) is 0 Å². The molecule has 308 valence electrons. The maximum Gasteiger partial charge on any atom is 0.303 e. The van der Waals surface area contributed by atoms with Crippen LogP contribution in [0.1, 0.15) is 123 Å². The molecule has 0 aliphatic rings. The second-order valence-corrected chi connectivity index (χ2v) is 13.2. The molecule has 0 saturated heterocycles. The molecule has 12 heteroatoms. The van der Waals surface area contributed by atoms with Crippen LogP contribution in [0, 0.1) is 0 Å². The number of aromatic amines is 1. The van der Waals surface area contributed by atoms with Crippen LogP contribution in [0.25, 0.3) is 21.0 Å². The average molecular weight is 796 g/mol. The van der Waals surface area contributed by atoms with Gasteiger partial charge in [-0.15, -0.1) is 11.3 Å². The number of carbonyl (C=O) groups is 2. The third-order valence-corrected chi connectivity index (χ3v) is 7.53. The van der Waals surface area contributed by atoms with Gasteiger partial charge in [-0.1, -0.05) is 133 Å². The number of nitrogens with one attached hydrogen (secondary N) is 1. The Bertz CT molecular complexity index is 1230. The van der Waals surface area contributed by atoms with Crippen molar-refractivity contribution in [2.24, 2.45) is 0 Å². The largest absolute Gasteiger partial charge is 0.481 e. The fourth-order valence-electron chi connectivity index (χ4n) is 2.56. The van der Waals surface area contributed by atoms with Crippen molar-refractivity contribution in [1.82, 2.24) is 4.98 Å². The molecule has 1 unspecified atom stereocenters. The van der Waals surface area contributed by atoms with Crippen LogP contribution >= 0.6 is 11.3 Å². The standard InChI is InChI=1S/C8H7N.C8H6S.C4H10O2S.C4H10OS.2C3H6O2.5C2H6.H2O/c2*1-2-4-8-7(3-1)5-6-9-8;1-3-4-7(2,5)6;1-3-4-6(2)5;2*1-2-3(4)5;5*1-2;/h1-6,9H;1-6H;3-4H2,1-2H3;3-4H2,1-2H3;2*2H2,1H3,(H,4,5);5*1-2H3;1H2. The molecule has 0 radical (unpaired) electrons. The lowest BCUT2D eigenvalue weighted by atomic mass is 10.3. The first kappa shape index (κ1) is 67.1. The lowest BCUT2D eigenvalue weighted by molar-refractivity contribution is -0.137. The molecule has 52 heavy (non-hydrogen) atoms. The predicted molar refractivity (Wildman–Crippen MR) is 236 cm³/mol. The number of fused-ring (bicyclic) bond motifs is 2. The van der Waals surface area contributed by atoms with Crippen LogP contribution in [0.15, 0.2) is 72.2 Å². The second kappa shape index (κ2) is 54.7. The average Bonchev–Trinajstić information content (AvgIpc) is 3.84. The van der Waals surface area contributed by atoms with Gasteiger partial charge >= 0.3 is 11.9 Å². The molecule has 0 fully saturated rings. The number of hydrogen-bond acceptors (Lipinski definition) is 6. The zero-order valence-corrected chi connectivity index (χ0v) is 37.8. The zero-order valence-electron chi connectivity index (χ0n) is 35.3. The number of aliphatic carboxylic acids is 2. The number of rotatable bonds is 6. The summed E-state index contributed by atoms with van der Waals surface area (Å²) in [6.07, 6.45) is 7.12. The van der Waals surface area contributed by atoms with E-state index in [0.717, 1.165) is 18.6 Å². The van der Waals surface area contributed by atoms with Gasteiger partial charge in [-0.2, -0.15) is 0 Å². The lowest BCUT2D eigenvalue weighted by Gasteiger charge is -1.87. The maximum absolute atomic E-state index is 10.2. The van der Waals surface area contributed by atoms with E-state index in [9.17, 15) is 22.2 Å². The molecule has 0 bridgehead atoms. The Balaban J connectivity index is -0.0000000717. The Labute approximate surface area is 325 Å². The summed E-state index contributed by atoms with van der Waals surface area (Å²) in [4.78, 5) is 21.9. The molecular weight excluding hydrogens is 719 g/mol. The van der Waals surface area contributed by atoms with E-state index in [2.05, 4.69) is 58.9 Å². The first-order valence-corrected chi connectivity index (χ1v) is 22.8. The van der Waals surface area contributed by atoms with E-state index >= 15 is 0 Å². The Morgan fingerprint density at radius 1 is 0.692 bits per heavy atom. The van der Waals surface area contributed by atoms with Crippen LogP contribution < -0.4 is 0 Å². The first-order valence-electron chi connectivity index (χ1n) is 18.2. The van der Waals surface area contributed by atoms with Gasteiger partial charge in [-0.25, -0.2) is 8.42 Å². The minimum Gasteiger partial charge on any atom is -0.481 e. The Kier molecular flexibility index (Phi) is 70.6. The van der Waals surface area contributed by atoms with Crippen molar-refractivity contribution in [2.45, 2.75) is 123 Å². The third kappa shape index (κ3) is 56.3. The molecule has 0 amide bonds. The predicted octanol–water partition coefficient (Wildman–Crippen LogP) is 11.6. The van der Waals surface area contributed by atoms with Gasteiger partial charge in [0.1, 0.15) is 9.84 Å². The van der Waals surface area contributed by atoms with E-state index in [1.54, 1.807) is 31.4 Å². The highest BCUT2D eigenvalue weighted by Gasteiger charge is 1.95. The van der Waals surface area contributed by atoms with Gasteiger partial charge in [-0.3, -0.25) is 13.8 Å². The van der Waals surface area contributed by atoms with Gasteiger partial charge in [0, 0.05) is 64.1 Å². The van der Waals surface area contributed by atoms with Gasteiger partial charge < -0.3 is 20.7 Å². The molecule has 5 N–H and O–H groups in total. The Morgan fingerprint density at radius 3 is 1.38 bits per heavy atom. The van der Waals surface area contributed by atoms with Crippen molar-refractivity contribution < 1.29 is 37.9 Å². The zero-order chi connectivity index (χ0) is 41.7. The van der Waals surface area contributed by atoms with E-state index in [0.29, 0.717) is 5.75 Å². The quantitative estimate of drug-likeness (QED) is 0.174. The van der Waals surface area contributed by atoms with Crippen molar-refractivity contribution in [3.8, 4) is 0 Å². The topological polar surface area (TPSA) is 173 Å². The summed E-state index contributed by atoms with van der Waals surface area (Å²) >= 11 is 1.79. The summed E-state index contributed by atoms with van der Waals surface area (Å²) in [5, 5.41) is 20.2. The fraction of sp³-hybridized carbons (Fsp3) is 0.550. The van der Waals surface area contributed by atoms with Gasteiger partial charge in [0.2, 0.25) is 0 Å². The highest BCUT2D eigenvalue weighted by Crippen LogP contribution is 2.18. The number of aromatic nitrogens is 1. The number of sulfone groups is 1. The molecule has 2 aromatic carbocycles. The monoisotopic (exact) mass is 795 g/mol. The third-order valence-electron chi connectivity index (χ3n) is 4.50. The normalized spacial score (nSPS) is 8.77. The highest BCUT2D eigenvalue weighted by atomic mass is 32.2. The molecule has 9 nitrogen and oxygen atoms in total. The van der Waals surface area contributed by atoms with Gasteiger partial charge in [-0.05, 0) is 53.3 Å². The van der Waals surface area contributed by atoms with Crippen molar-refractivity contribution >= 4 is 64.9 Å². The molecule has 4 aromatic rings. The number of thiophene rings is 1. The van der Waals surface area contributed by atoms with Crippen LogP contribution in [-0.2, 0) is 30.2 Å². The van der Waals surface area contributed by atoms with Crippen molar-refractivity contribution in [3.05, 3.63) is 72.2 Å². The van der Waals surface area contributed by atoms with E-state index in [4.69, 9.17) is 10.2 Å². The van der Waals surface area contributed by atoms with Crippen molar-refractivity contribution in [3.63, 3.8) is 0 Å². The van der Waals surface area contributed by atoms with E-state index in [1.807, 2.05) is 101 Å². The Morgan fingerprint density at radius 2 is 1.10 bits per heavy atom. The molecule has 4 rings (SSSR count). The summed E-state index contributed by atoms with van der Waals surface area (Å²) < 4.78 is 32.0. The minimum atomic E-state index is -2.67. The number of H-pyrrole nitrogens is 1. The Hall–Kier alpha value is -3.06. The van der Waals surface area contributed by atoms with E-state index < -0.39 is 32.6 Å². The van der Waals surface area contributed by atoms with Crippen LogP contribution in [0.2, 0.25) is 0 Å². The SMILES string of the molecule is CC.CC.CC.CC.CC.CCC(=O)O.CCC(=O)O.CCCS(C)(=O)=O.CCCS(C)=O.O.c1ccc2[nH]ccc2c1.c1ccc2sccc2c1. The van der Waals surface area contributed by atoms with Gasteiger partial charge in [0.05, 0.1) is 0 Å². The number of para-hydroxylation sites is 1. The number of carboxylic acid groups (broad SMARTS) is 2. The summed E-state index contributed by atoms with van der Waals surface area (Å²) in [5.74, 6) is -0.331. The molecular formula is C40H77NO8S3. The van der Waals surface area contributed by atoms with E-state index in [1.165, 1.54) is 27.2 Å². The number of benzene rings is 2. The van der Waals surface area contributed by atoms with Crippen LogP contribution in [0.5, 0.6) is 0 Å². The van der Waals surface area contributed by atoms with Gasteiger partial charge in [0.25, 0.3) is 0 Å². The highest BCUT2D eigenvalue weighted by molar-refractivity contribution is 7.90.